The molecule has 0 atom stereocenters. The number of benzene rings is 1. The van der Waals surface area contributed by atoms with Gasteiger partial charge >= 0.3 is 0 Å². The normalized spacial score (nSPS) is 11.2. The first-order chi connectivity index (χ1) is 13.7. The molecule has 4 aromatic rings. The summed E-state index contributed by atoms with van der Waals surface area (Å²) in [4.78, 5) is 6.54. The molecule has 8 heteroatoms. The van der Waals surface area contributed by atoms with Crippen molar-refractivity contribution in [3.63, 3.8) is 0 Å². The van der Waals surface area contributed by atoms with Gasteiger partial charge in [-0.1, -0.05) is 53.9 Å². The fourth-order valence-electron chi connectivity index (χ4n) is 2.97. The lowest BCUT2D eigenvalue weighted by atomic mass is 10.2. The summed E-state index contributed by atoms with van der Waals surface area (Å²) in [5.41, 5.74) is 2.81. The Bertz CT molecular complexity index is 1070. The van der Waals surface area contributed by atoms with E-state index in [1.165, 1.54) is 0 Å². The van der Waals surface area contributed by atoms with Crippen LogP contribution >= 0.6 is 34.5 Å². The molecular weight excluding hydrogens is 413 g/mol. The Morgan fingerprint density at radius 3 is 2.71 bits per heavy atom. The molecule has 0 spiro atoms. The molecular formula is C20H19Cl2N5S. The van der Waals surface area contributed by atoms with E-state index < -0.39 is 0 Å². The Morgan fingerprint density at radius 2 is 1.93 bits per heavy atom. The van der Waals surface area contributed by atoms with E-state index in [1.54, 1.807) is 17.5 Å². The Labute approximate surface area is 177 Å². The lowest BCUT2D eigenvalue weighted by Crippen LogP contribution is -2.24. The maximum Gasteiger partial charge on any atom is 0.208 e. The van der Waals surface area contributed by atoms with Crippen LogP contribution in [0.5, 0.6) is 0 Å². The van der Waals surface area contributed by atoms with Gasteiger partial charge in [-0.05, 0) is 30.7 Å². The van der Waals surface area contributed by atoms with Crippen LogP contribution in [0.15, 0.2) is 48.9 Å². The third-order valence-corrected chi connectivity index (χ3v) is 6.26. The number of unbranched alkanes of at least 4 members (excludes halogenated alkanes) is 1. The first-order valence-corrected chi connectivity index (χ1v) is 10.7. The van der Waals surface area contributed by atoms with Crippen molar-refractivity contribution in [1.29, 1.82) is 0 Å². The van der Waals surface area contributed by atoms with Crippen molar-refractivity contribution in [2.75, 3.05) is 11.4 Å². The van der Waals surface area contributed by atoms with E-state index in [-0.39, 0.29) is 0 Å². The standard InChI is InChI=1S/C20H19Cl2N5S/c1-2-3-9-27(13-15-16(21)5-4-6-17(15)22)20-25-24-19(28-20)14-7-10-26-11-8-23-18(26)12-14/h4-8,10-12H,2-3,9,13H2,1H3. The molecule has 0 unspecified atom stereocenters. The van der Waals surface area contributed by atoms with Gasteiger partial charge in [-0.25, -0.2) is 4.98 Å². The van der Waals surface area contributed by atoms with Gasteiger partial charge in [-0.2, -0.15) is 0 Å². The molecule has 4 rings (SSSR count). The monoisotopic (exact) mass is 431 g/mol. The zero-order chi connectivity index (χ0) is 19.5. The van der Waals surface area contributed by atoms with Gasteiger partial charge in [0, 0.05) is 52.9 Å². The predicted molar refractivity (Wildman–Crippen MR) is 117 cm³/mol. The molecule has 0 fully saturated rings. The Balaban J connectivity index is 1.63. The number of pyridine rings is 1. The number of rotatable bonds is 7. The smallest absolute Gasteiger partial charge is 0.208 e. The van der Waals surface area contributed by atoms with Crippen molar-refractivity contribution in [3.05, 3.63) is 64.5 Å². The second-order valence-electron chi connectivity index (χ2n) is 6.47. The van der Waals surface area contributed by atoms with Gasteiger partial charge in [0.25, 0.3) is 0 Å². The van der Waals surface area contributed by atoms with E-state index in [0.717, 1.165) is 46.3 Å². The number of fused-ring (bicyclic) bond motifs is 1. The summed E-state index contributed by atoms with van der Waals surface area (Å²) in [6, 6.07) is 9.64. The maximum atomic E-state index is 6.39. The van der Waals surface area contributed by atoms with E-state index in [9.17, 15) is 0 Å². The second-order valence-corrected chi connectivity index (χ2v) is 8.24. The predicted octanol–water partition coefficient (Wildman–Crippen LogP) is 5.97. The second kappa shape index (κ2) is 8.47. The molecule has 28 heavy (non-hydrogen) atoms. The van der Waals surface area contributed by atoms with Crippen LogP contribution in [0.1, 0.15) is 25.3 Å². The average Bonchev–Trinajstić information content (AvgIpc) is 3.36. The molecule has 0 aliphatic heterocycles. The molecule has 0 bridgehead atoms. The molecule has 0 aliphatic rings. The summed E-state index contributed by atoms with van der Waals surface area (Å²) in [5.74, 6) is 0. The molecule has 0 N–H and O–H groups in total. The van der Waals surface area contributed by atoms with Gasteiger partial charge in [0.2, 0.25) is 5.13 Å². The van der Waals surface area contributed by atoms with Crippen molar-refractivity contribution >= 4 is 45.3 Å². The number of aromatic nitrogens is 4. The van der Waals surface area contributed by atoms with Gasteiger partial charge in [-0.3, -0.25) is 0 Å². The van der Waals surface area contributed by atoms with E-state index in [0.29, 0.717) is 16.6 Å². The Morgan fingerprint density at radius 1 is 1.11 bits per heavy atom. The average molecular weight is 432 g/mol. The van der Waals surface area contributed by atoms with Gasteiger partial charge in [0.1, 0.15) is 10.7 Å². The van der Waals surface area contributed by atoms with Crippen LogP contribution in [0.3, 0.4) is 0 Å². The minimum atomic E-state index is 0.604. The number of anilines is 1. The van der Waals surface area contributed by atoms with E-state index in [4.69, 9.17) is 23.2 Å². The van der Waals surface area contributed by atoms with Crippen molar-refractivity contribution in [2.45, 2.75) is 26.3 Å². The van der Waals surface area contributed by atoms with Crippen LogP contribution in [0, 0.1) is 0 Å². The summed E-state index contributed by atoms with van der Waals surface area (Å²) in [6.07, 6.45) is 7.83. The highest BCUT2D eigenvalue weighted by molar-refractivity contribution is 7.18. The van der Waals surface area contributed by atoms with Gasteiger partial charge in [0.05, 0.1) is 0 Å². The third kappa shape index (κ3) is 3.99. The van der Waals surface area contributed by atoms with Crippen LogP contribution in [0.4, 0.5) is 5.13 Å². The summed E-state index contributed by atoms with van der Waals surface area (Å²) in [7, 11) is 0. The van der Waals surface area contributed by atoms with Crippen LogP contribution < -0.4 is 4.90 Å². The first kappa shape index (κ1) is 19.2. The molecule has 3 aromatic heterocycles. The van der Waals surface area contributed by atoms with Crippen LogP contribution in [-0.4, -0.2) is 26.1 Å². The van der Waals surface area contributed by atoms with Gasteiger partial charge < -0.3 is 9.30 Å². The minimum Gasteiger partial charge on any atom is -0.342 e. The maximum absolute atomic E-state index is 6.39. The molecule has 0 saturated heterocycles. The molecule has 0 aliphatic carbocycles. The van der Waals surface area contributed by atoms with Crippen molar-refractivity contribution in [1.82, 2.24) is 19.6 Å². The summed E-state index contributed by atoms with van der Waals surface area (Å²) in [6.45, 7) is 3.64. The van der Waals surface area contributed by atoms with Crippen molar-refractivity contribution in [2.24, 2.45) is 0 Å². The Kier molecular flexibility index (Phi) is 5.80. The fraction of sp³-hybridized carbons (Fsp3) is 0.250. The molecule has 3 heterocycles. The molecule has 144 valence electrons. The van der Waals surface area contributed by atoms with E-state index in [1.807, 2.05) is 47.1 Å². The molecule has 0 radical (unpaired) electrons. The summed E-state index contributed by atoms with van der Waals surface area (Å²) < 4.78 is 1.97. The molecule has 0 saturated carbocycles. The van der Waals surface area contributed by atoms with Crippen LogP contribution in [-0.2, 0) is 6.54 Å². The summed E-state index contributed by atoms with van der Waals surface area (Å²) >= 11 is 14.3. The number of halogens is 2. The molecule has 0 amide bonds. The SMILES string of the molecule is CCCCN(Cc1c(Cl)cccc1Cl)c1nnc(-c2ccn3ccnc3c2)s1. The number of hydrogen-bond acceptors (Lipinski definition) is 5. The lowest BCUT2D eigenvalue weighted by molar-refractivity contribution is 0.710. The zero-order valence-corrected chi connectivity index (χ0v) is 17.7. The van der Waals surface area contributed by atoms with Gasteiger partial charge in [-0.15, -0.1) is 10.2 Å². The fourth-order valence-corrected chi connectivity index (χ4v) is 4.35. The number of nitrogens with zero attached hydrogens (tertiary/aromatic N) is 5. The van der Waals surface area contributed by atoms with Crippen LogP contribution in [0.25, 0.3) is 16.2 Å². The van der Waals surface area contributed by atoms with Gasteiger partial charge in [0.15, 0.2) is 0 Å². The Hall–Kier alpha value is -2.15. The largest absolute Gasteiger partial charge is 0.342 e. The highest BCUT2D eigenvalue weighted by Gasteiger charge is 2.17. The summed E-state index contributed by atoms with van der Waals surface area (Å²) in [5, 5.41) is 11.9. The first-order valence-electron chi connectivity index (χ1n) is 9.10. The van der Waals surface area contributed by atoms with E-state index in [2.05, 4.69) is 27.0 Å². The quantitative estimate of drug-likeness (QED) is 0.361. The topological polar surface area (TPSA) is 46.3 Å². The minimum absolute atomic E-state index is 0.604. The highest BCUT2D eigenvalue weighted by atomic mass is 35.5. The third-order valence-electron chi connectivity index (χ3n) is 4.52. The number of imidazole rings is 1. The lowest BCUT2D eigenvalue weighted by Gasteiger charge is -2.22. The highest BCUT2D eigenvalue weighted by Crippen LogP contribution is 2.32. The van der Waals surface area contributed by atoms with E-state index >= 15 is 0 Å². The van der Waals surface area contributed by atoms with Crippen LogP contribution in [0.2, 0.25) is 10.0 Å². The van der Waals surface area contributed by atoms with Crippen molar-refractivity contribution in [3.8, 4) is 10.6 Å². The molecule has 5 nitrogen and oxygen atoms in total. The van der Waals surface area contributed by atoms with Crippen molar-refractivity contribution < 1.29 is 0 Å². The number of hydrogen-bond donors (Lipinski definition) is 0. The molecule has 1 aromatic carbocycles. The zero-order valence-electron chi connectivity index (χ0n) is 15.3.